The van der Waals surface area contributed by atoms with Crippen LogP contribution in [-0.4, -0.2) is 32.4 Å². The molecule has 0 atom stereocenters. The fraction of sp³-hybridized carbons (Fsp3) is 0.316. The van der Waals surface area contributed by atoms with Crippen LogP contribution in [0.2, 0.25) is 10.0 Å². The standard InChI is InChI=1S/C19H21Cl2N3O3S/c20-16-6-5-7-17(18(16)21)23-28(26,27)15-10-8-14(9-11-15)22-19(25)24-12-3-1-2-4-13-24/h5-11,23H,1-4,12-13H2,(H,22,25). The monoisotopic (exact) mass is 441 g/mol. The van der Waals surface area contributed by atoms with Crippen LogP contribution < -0.4 is 10.0 Å². The molecule has 0 aliphatic carbocycles. The maximum atomic E-state index is 12.6. The molecule has 6 nitrogen and oxygen atoms in total. The zero-order valence-electron chi connectivity index (χ0n) is 15.1. The van der Waals surface area contributed by atoms with Gasteiger partial charge in [0.25, 0.3) is 10.0 Å². The number of amides is 2. The number of likely N-dealkylation sites (tertiary alicyclic amines) is 1. The SMILES string of the molecule is O=C(Nc1ccc(S(=O)(=O)Nc2cccc(Cl)c2Cl)cc1)N1CCCCCC1. The lowest BCUT2D eigenvalue weighted by molar-refractivity contribution is 0.214. The smallest absolute Gasteiger partial charge is 0.321 e. The highest BCUT2D eigenvalue weighted by atomic mass is 35.5. The number of urea groups is 1. The number of hydrogen-bond acceptors (Lipinski definition) is 3. The molecule has 0 bridgehead atoms. The summed E-state index contributed by atoms with van der Waals surface area (Å²) < 4.78 is 27.6. The van der Waals surface area contributed by atoms with Crippen molar-refractivity contribution in [2.45, 2.75) is 30.6 Å². The molecule has 9 heteroatoms. The summed E-state index contributed by atoms with van der Waals surface area (Å²) in [5.74, 6) is 0. The molecule has 2 aromatic carbocycles. The largest absolute Gasteiger partial charge is 0.325 e. The Kier molecular flexibility index (Phi) is 6.69. The van der Waals surface area contributed by atoms with Crippen LogP contribution in [0.4, 0.5) is 16.2 Å². The van der Waals surface area contributed by atoms with Gasteiger partial charge in [-0.15, -0.1) is 0 Å². The van der Waals surface area contributed by atoms with Gasteiger partial charge in [-0.2, -0.15) is 0 Å². The molecule has 0 unspecified atom stereocenters. The van der Waals surface area contributed by atoms with Crippen molar-refractivity contribution in [2.24, 2.45) is 0 Å². The molecule has 0 spiro atoms. The molecule has 2 N–H and O–H groups in total. The summed E-state index contributed by atoms with van der Waals surface area (Å²) in [7, 11) is -3.84. The van der Waals surface area contributed by atoms with E-state index in [1.807, 2.05) is 0 Å². The Morgan fingerprint density at radius 1 is 0.929 bits per heavy atom. The van der Waals surface area contributed by atoms with E-state index in [0.29, 0.717) is 5.69 Å². The fourth-order valence-electron chi connectivity index (χ4n) is 2.98. The van der Waals surface area contributed by atoms with Gasteiger partial charge in [-0.05, 0) is 49.2 Å². The van der Waals surface area contributed by atoms with Gasteiger partial charge in [0.05, 0.1) is 20.6 Å². The van der Waals surface area contributed by atoms with Crippen LogP contribution in [0.15, 0.2) is 47.4 Å². The number of carbonyl (C=O) groups excluding carboxylic acids is 1. The second kappa shape index (κ2) is 9.03. The number of nitrogens with one attached hydrogen (secondary N) is 2. The minimum absolute atomic E-state index is 0.0521. The number of benzene rings is 2. The van der Waals surface area contributed by atoms with Crippen LogP contribution in [-0.2, 0) is 10.0 Å². The Balaban J connectivity index is 1.69. The molecule has 1 aliphatic heterocycles. The number of sulfonamides is 1. The van der Waals surface area contributed by atoms with E-state index in [9.17, 15) is 13.2 Å². The van der Waals surface area contributed by atoms with Crippen LogP contribution in [0.5, 0.6) is 0 Å². The molecule has 2 aromatic rings. The number of nitrogens with zero attached hydrogens (tertiary/aromatic N) is 1. The fourth-order valence-corrected chi connectivity index (χ4v) is 4.46. The van der Waals surface area contributed by atoms with Crippen molar-refractivity contribution >= 4 is 50.6 Å². The lowest BCUT2D eigenvalue weighted by atomic mass is 10.2. The van der Waals surface area contributed by atoms with Crippen molar-refractivity contribution in [3.8, 4) is 0 Å². The zero-order valence-corrected chi connectivity index (χ0v) is 17.4. The van der Waals surface area contributed by atoms with Gasteiger partial charge in [-0.1, -0.05) is 42.1 Å². The van der Waals surface area contributed by atoms with Crippen LogP contribution in [0.25, 0.3) is 0 Å². The first-order valence-corrected chi connectivity index (χ1v) is 11.2. The quantitative estimate of drug-likeness (QED) is 0.683. The topological polar surface area (TPSA) is 78.5 Å². The number of hydrogen-bond donors (Lipinski definition) is 2. The summed E-state index contributed by atoms with van der Waals surface area (Å²) in [5.41, 5.74) is 0.738. The molecule has 2 amide bonds. The van der Waals surface area contributed by atoms with Gasteiger partial charge < -0.3 is 10.2 Å². The van der Waals surface area contributed by atoms with E-state index in [2.05, 4.69) is 10.0 Å². The predicted octanol–water partition coefficient (Wildman–Crippen LogP) is 5.20. The van der Waals surface area contributed by atoms with Crippen LogP contribution in [0.3, 0.4) is 0 Å². The molecule has 1 saturated heterocycles. The second-order valence-electron chi connectivity index (χ2n) is 6.56. The van der Waals surface area contributed by atoms with Crippen LogP contribution >= 0.6 is 23.2 Å². The molecule has 0 saturated carbocycles. The highest BCUT2D eigenvalue weighted by molar-refractivity contribution is 7.92. The number of rotatable bonds is 4. The Bertz CT molecular complexity index is 941. The summed E-state index contributed by atoms with van der Waals surface area (Å²) >= 11 is 12.0. The second-order valence-corrected chi connectivity index (χ2v) is 9.03. The van der Waals surface area contributed by atoms with Gasteiger partial charge in [0.1, 0.15) is 0 Å². The summed E-state index contributed by atoms with van der Waals surface area (Å²) in [4.78, 5) is 14.2. The highest BCUT2D eigenvalue weighted by Crippen LogP contribution is 2.31. The lowest BCUT2D eigenvalue weighted by Crippen LogP contribution is -2.35. The van der Waals surface area contributed by atoms with E-state index in [1.165, 1.54) is 18.2 Å². The summed E-state index contributed by atoms with van der Waals surface area (Å²) in [6.07, 6.45) is 4.28. The molecule has 150 valence electrons. The Morgan fingerprint density at radius 3 is 2.21 bits per heavy atom. The van der Waals surface area contributed by atoms with Crippen molar-refractivity contribution in [3.63, 3.8) is 0 Å². The summed E-state index contributed by atoms with van der Waals surface area (Å²) in [5, 5.41) is 3.21. The van der Waals surface area contributed by atoms with Gasteiger partial charge in [-0.3, -0.25) is 4.72 Å². The summed E-state index contributed by atoms with van der Waals surface area (Å²) in [6, 6.07) is 10.5. The molecule has 3 rings (SSSR count). The third kappa shape index (κ3) is 5.10. The average molecular weight is 442 g/mol. The van der Waals surface area contributed by atoms with Crippen molar-refractivity contribution in [1.82, 2.24) is 4.90 Å². The first kappa shape index (κ1) is 20.8. The van der Waals surface area contributed by atoms with E-state index < -0.39 is 10.0 Å². The number of anilines is 2. The predicted molar refractivity (Wildman–Crippen MR) is 113 cm³/mol. The van der Waals surface area contributed by atoms with E-state index in [-0.39, 0.29) is 26.7 Å². The normalized spacial score (nSPS) is 15.0. The minimum Gasteiger partial charge on any atom is -0.325 e. The maximum absolute atomic E-state index is 12.6. The molecule has 1 fully saturated rings. The number of halogens is 2. The molecule has 28 heavy (non-hydrogen) atoms. The van der Waals surface area contributed by atoms with E-state index in [4.69, 9.17) is 23.2 Å². The van der Waals surface area contributed by atoms with Gasteiger partial charge in [-0.25, -0.2) is 13.2 Å². The molecule has 0 aromatic heterocycles. The average Bonchev–Trinajstić information content (AvgIpc) is 2.95. The van der Waals surface area contributed by atoms with Crippen molar-refractivity contribution in [1.29, 1.82) is 0 Å². The molecule has 1 aliphatic rings. The van der Waals surface area contributed by atoms with Gasteiger partial charge >= 0.3 is 6.03 Å². The highest BCUT2D eigenvalue weighted by Gasteiger charge is 2.18. The Hall–Kier alpha value is -1.96. The van der Waals surface area contributed by atoms with E-state index in [1.54, 1.807) is 29.2 Å². The lowest BCUT2D eigenvalue weighted by Gasteiger charge is -2.20. The first-order valence-electron chi connectivity index (χ1n) is 9.00. The first-order chi connectivity index (χ1) is 13.4. The molecular formula is C19H21Cl2N3O3S. The Labute approximate surface area is 174 Å². The zero-order chi connectivity index (χ0) is 20.1. The van der Waals surface area contributed by atoms with Gasteiger partial charge in [0.15, 0.2) is 0 Å². The summed E-state index contributed by atoms with van der Waals surface area (Å²) in [6.45, 7) is 1.48. The third-order valence-corrected chi connectivity index (χ3v) is 6.71. The molecule has 0 radical (unpaired) electrons. The maximum Gasteiger partial charge on any atom is 0.321 e. The van der Waals surface area contributed by atoms with Crippen molar-refractivity contribution < 1.29 is 13.2 Å². The minimum atomic E-state index is -3.84. The Morgan fingerprint density at radius 2 is 1.57 bits per heavy atom. The van der Waals surface area contributed by atoms with Crippen LogP contribution in [0.1, 0.15) is 25.7 Å². The van der Waals surface area contributed by atoms with Gasteiger partial charge in [0.2, 0.25) is 0 Å². The van der Waals surface area contributed by atoms with Crippen LogP contribution in [0, 0.1) is 0 Å². The van der Waals surface area contributed by atoms with Crippen molar-refractivity contribution in [3.05, 3.63) is 52.5 Å². The van der Waals surface area contributed by atoms with Gasteiger partial charge in [0, 0.05) is 18.8 Å². The third-order valence-electron chi connectivity index (χ3n) is 4.51. The van der Waals surface area contributed by atoms with E-state index >= 15 is 0 Å². The number of carbonyl (C=O) groups is 1. The van der Waals surface area contributed by atoms with Crippen molar-refractivity contribution in [2.75, 3.05) is 23.1 Å². The molecule has 1 heterocycles. The van der Waals surface area contributed by atoms with E-state index in [0.717, 1.165) is 38.8 Å². The molecular weight excluding hydrogens is 421 g/mol.